The van der Waals surface area contributed by atoms with Crippen molar-refractivity contribution in [2.75, 3.05) is 0 Å². The van der Waals surface area contributed by atoms with Crippen LogP contribution in [0.3, 0.4) is 0 Å². The van der Waals surface area contributed by atoms with Crippen LogP contribution >= 0.6 is 0 Å². The number of amides is 1. The van der Waals surface area contributed by atoms with Gasteiger partial charge in [0.15, 0.2) is 0 Å². The standard InChI is InChI=1S/C15H21NO3/c1-3-4-10-13(15(18)19)16-14(17)11(2)12-8-6-5-7-9-12/h5-9,11,13H,3-4,10H2,1-2H3,(H,16,17)(H,18,19)/t11?,13-/m0/s1. The first-order valence-electron chi connectivity index (χ1n) is 6.64. The lowest BCUT2D eigenvalue weighted by Crippen LogP contribution is -2.42. The Hall–Kier alpha value is -1.84. The zero-order valence-electron chi connectivity index (χ0n) is 11.4. The molecule has 1 aromatic rings. The fraction of sp³-hybridized carbons (Fsp3) is 0.467. The second-order valence-corrected chi connectivity index (χ2v) is 4.67. The highest BCUT2D eigenvalue weighted by molar-refractivity contribution is 5.87. The van der Waals surface area contributed by atoms with Gasteiger partial charge in [0.1, 0.15) is 6.04 Å². The molecular formula is C15H21NO3. The van der Waals surface area contributed by atoms with E-state index in [1.54, 1.807) is 6.92 Å². The number of carboxylic acids is 1. The van der Waals surface area contributed by atoms with E-state index in [0.29, 0.717) is 6.42 Å². The number of aliphatic carboxylic acids is 1. The molecule has 0 bridgehead atoms. The van der Waals surface area contributed by atoms with Crippen LogP contribution in [0.25, 0.3) is 0 Å². The van der Waals surface area contributed by atoms with E-state index in [0.717, 1.165) is 18.4 Å². The van der Waals surface area contributed by atoms with Crippen molar-refractivity contribution < 1.29 is 14.7 Å². The van der Waals surface area contributed by atoms with Gasteiger partial charge in [-0.25, -0.2) is 4.79 Å². The summed E-state index contributed by atoms with van der Waals surface area (Å²) in [6.07, 6.45) is 2.17. The average Bonchev–Trinajstić information content (AvgIpc) is 2.43. The molecule has 1 rings (SSSR count). The first-order chi connectivity index (χ1) is 9.06. The Bertz CT molecular complexity index is 417. The zero-order valence-corrected chi connectivity index (χ0v) is 11.4. The Balaban J connectivity index is 2.64. The van der Waals surface area contributed by atoms with Gasteiger partial charge in [-0.3, -0.25) is 4.79 Å². The molecule has 19 heavy (non-hydrogen) atoms. The molecule has 2 atom stereocenters. The van der Waals surface area contributed by atoms with Gasteiger partial charge in [0.25, 0.3) is 0 Å². The van der Waals surface area contributed by atoms with Crippen molar-refractivity contribution >= 4 is 11.9 Å². The largest absolute Gasteiger partial charge is 0.480 e. The van der Waals surface area contributed by atoms with Gasteiger partial charge >= 0.3 is 5.97 Å². The van der Waals surface area contributed by atoms with Crippen molar-refractivity contribution in [3.8, 4) is 0 Å². The fourth-order valence-corrected chi connectivity index (χ4v) is 1.86. The molecule has 0 aliphatic heterocycles. The minimum absolute atomic E-state index is 0.241. The molecule has 0 saturated carbocycles. The smallest absolute Gasteiger partial charge is 0.326 e. The topological polar surface area (TPSA) is 66.4 Å². The molecule has 0 aliphatic carbocycles. The summed E-state index contributed by atoms with van der Waals surface area (Å²) in [4.78, 5) is 23.1. The van der Waals surface area contributed by atoms with Crippen LogP contribution in [0.2, 0.25) is 0 Å². The van der Waals surface area contributed by atoms with Crippen molar-refractivity contribution in [3.63, 3.8) is 0 Å². The normalized spacial score (nSPS) is 13.6. The number of carboxylic acid groups (broad SMARTS) is 1. The minimum Gasteiger partial charge on any atom is -0.480 e. The lowest BCUT2D eigenvalue weighted by molar-refractivity contribution is -0.142. The Kier molecular flexibility index (Phi) is 6.06. The van der Waals surface area contributed by atoms with Crippen LogP contribution in [-0.2, 0) is 9.59 Å². The molecule has 2 N–H and O–H groups in total. The fourth-order valence-electron chi connectivity index (χ4n) is 1.86. The molecule has 4 heteroatoms. The van der Waals surface area contributed by atoms with Crippen LogP contribution in [0.5, 0.6) is 0 Å². The predicted molar refractivity (Wildman–Crippen MR) is 73.9 cm³/mol. The molecule has 1 unspecified atom stereocenters. The van der Waals surface area contributed by atoms with Crippen molar-refractivity contribution in [1.82, 2.24) is 5.32 Å². The van der Waals surface area contributed by atoms with Crippen LogP contribution in [0, 0.1) is 0 Å². The third kappa shape index (κ3) is 4.73. The summed E-state index contributed by atoms with van der Waals surface area (Å²) < 4.78 is 0. The first-order valence-corrected chi connectivity index (χ1v) is 6.64. The lowest BCUT2D eigenvalue weighted by Gasteiger charge is -2.17. The Morgan fingerprint density at radius 3 is 2.42 bits per heavy atom. The number of rotatable bonds is 7. The number of hydrogen-bond acceptors (Lipinski definition) is 2. The number of hydrogen-bond donors (Lipinski definition) is 2. The van der Waals surface area contributed by atoms with Gasteiger partial charge in [-0.1, -0.05) is 50.1 Å². The molecule has 104 valence electrons. The van der Waals surface area contributed by atoms with E-state index >= 15 is 0 Å². The number of benzene rings is 1. The summed E-state index contributed by atoms with van der Waals surface area (Å²) in [6, 6.07) is 8.56. The number of carbonyl (C=O) groups excluding carboxylic acids is 1. The SMILES string of the molecule is CCCC[C@H](NC(=O)C(C)c1ccccc1)C(=O)O. The molecule has 0 saturated heterocycles. The quantitative estimate of drug-likeness (QED) is 0.794. The highest BCUT2D eigenvalue weighted by Gasteiger charge is 2.22. The minimum atomic E-state index is -0.970. The average molecular weight is 263 g/mol. The number of unbranched alkanes of at least 4 members (excludes halogenated alkanes) is 1. The van der Waals surface area contributed by atoms with E-state index in [1.165, 1.54) is 0 Å². The van der Waals surface area contributed by atoms with Gasteiger partial charge in [-0.15, -0.1) is 0 Å². The molecule has 0 aromatic heterocycles. The second-order valence-electron chi connectivity index (χ2n) is 4.67. The van der Waals surface area contributed by atoms with Crippen LogP contribution in [0.4, 0.5) is 0 Å². The van der Waals surface area contributed by atoms with E-state index in [2.05, 4.69) is 5.32 Å². The second kappa shape index (κ2) is 7.56. The maximum atomic E-state index is 12.0. The molecule has 1 amide bonds. The molecule has 1 aromatic carbocycles. The molecule has 0 aliphatic rings. The molecule has 4 nitrogen and oxygen atoms in total. The van der Waals surface area contributed by atoms with E-state index in [1.807, 2.05) is 37.3 Å². The van der Waals surface area contributed by atoms with Gasteiger partial charge in [0.2, 0.25) is 5.91 Å². The van der Waals surface area contributed by atoms with Crippen LogP contribution in [0.15, 0.2) is 30.3 Å². The summed E-state index contributed by atoms with van der Waals surface area (Å²) in [6.45, 7) is 3.77. The van der Waals surface area contributed by atoms with Crippen molar-refractivity contribution in [2.24, 2.45) is 0 Å². The van der Waals surface area contributed by atoms with Gasteiger partial charge in [0, 0.05) is 0 Å². The van der Waals surface area contributed by atoms with Gasteiger partial charge < -0.3 is 10.4 Å². The Labute approximate surface area is 113 Å². The van der Waals surface area contributed by atoms with Gasteiger partial charge in [-0.2, -0.15) is 0 Å². The maximum Gasteiger partial charge on any atom is 0.326 e. The van der Waals surface area contributed by atoms with Gasteiger partial charge in [-0.05, 0) is 18.9 Å². The van der Waals surface area contributed by atoms with Crippen molar-refractivity contribution in [2.45, 2.75) is 45.1 Å². The van der Waals surface area contributed by atoms with E-state index < -0.39 is 12.0 Å². The molecule has 0 fully saturated rings. The van der Waals surface area contributed by atoms with Crippen LogP contribution in [0.1, 0.15) is 44.6 Å². The van der Waals surface area contributed by atoms with Crippen LogP contribution < -0.4 is 5.32 Å². The first kappa shape index (κ1) is 15.2. The highest BCUT2D eigenvalue weighted by atomic mass is 16.4. The summed E-state index contributed by atoms with van der Waals surface area (Å²) >= 11 is 0. The predicted octanol–water partition coefficient (Wildman–Crippen LogP) is 2.55. The van der Waals surface area contributed by atoms with Gasteiger partial charge in [0.05, 0.1) is 5.92 Å². The van der Waals surface area contributed by atoms with E-state index in [-0.39, 0.29) is 11.8 Å². The third-order valence-corrected chi connectivity index (χ3v) is 3.15. The molecule has 0 spiro atoms. The van der Waals surface area contributed by atoms with Crippen LogP contribution in [-0.4, -0.2) is 23.0 Å². The Morgan fingerprint density at radius 2 is 1.89 bits per heavy atom. The summed E-state index contributed by atoms with van der Waals surface area (Å²) in [5.74, 6) is -1.55. The molecule has 0 heterocycles. The van der Waals surface area contributed by atoms with Crippen molar-refractivity contribution in [3.05, 3.63) is 35.9 Å². The van der Waals surface area contributed by atoms with E-state index in [9.17, 15) is 9.59 Å². The summed E-state index contributed by atoms with van der Waals surface area (Å²) in [5, 5.41) is 11.7. The third-order valence-electron chi connectivity index (χ3n) is 3.15. The lowest BCUT2D eigenvalue weighted by atomic mass is 9.99. The summed E-state index contributed by atoms with van der Waals surface area (Å²) in [5.41, 5.74) is 0.889. The monoisotopic (exact) mass is 263 g/mol. The zero-order chi connectivity index (χ0) is 14.3. The highest BCUT2D eigenvalue weighted by Crippen LogP contribution is 2.15. The maximum absolute atomic E-state index is 12.0. The number of carbonyl (C=O) groups is 2. The number of nitrogens with one attached hydrogen (secondary N) is 1. The molecule has 0 radical (unpaired) electrons. The van der Waals surface area contributed by atoms with Crippen molar-refractivity contribution in [1.29, 1.82) is 0 Å². The summed E-state index contributed by atoms with van der Waals surface area (Å²) in [7, 11) is 0. The Morgan fingerprint density at radius 1 is 1.26 bits per heavy atom. The molecular weight excluding hydrogens is 242 g/mol. The van der Waals surface area contributed by atoms with E-state index in [4.69, 9.17) is 5.11 Å².